The summed E-state index contributed by atoms with van der Waals surface area (Å²) in [7, 11) is -3.05. The van der Waals surface area contributed by atoms with Gasteiger partial charge in [0, 0.05) is 24.1 Å². The van der Waals surface area contributed by atoms with Crippen LogP contribution in [-0.4, -0.2) is 40.5 Å². The number of H-pyrrole nitrogens is 1. The van der Waals surface area contributed by atoms with Crippen molar-refractivity contribution in [3.8, 4) is 6.07 Å². The van der Waals surface area contributed by atoms with Crippen molar-refractivity contribution in [3.63, 3.8) is 0 Å². The van der Waals surface area contributed by atoms with E-state index in [1.807, 2.05) is 0 Å². The molecule has 8 nitrogen and oxygen atoms in total. The van der Waals surface area contributed by atoms with Crippen LogP contribution in [0.5, 0.6) is 0 Å². The van der Waals surface area contributed by atoms with Crippen molar-refractivity contribution in [3.05, 3.63) is 53.3 Å². The summed E-state index contributed by atoms with van der Waals surface area (Å²) >= 11 is 0. The number of imidazole rings is 1. The second-order valence-corrected chi connectivity index (χ2v) is 8.65. The summed E-state index contributed by atoms with van der Waals surface area (Å²) < 4.78 is 27.7. The molecule has 4 aromatic rings. The van der Waals surface area contributed by atoms with Crippen LogP contribution in [0.3, 0.4) is 0 Å². The Hall–Kier alpha value is -3.25. The van der Waals surface area contributed by atoms with Crippen molar-refractivity contribution in [2.24, 2.45) is 0 Å². The minimum absolute atomic E-state index is 0.0190. The Morgan fingerprint density at radius 1 is 1.30 bits per heavy atom. The molecular weight excluding hydrogens is 366 g/mol. The highest BCUT2D eigenvalue weighted by Crippen LogP contribution is 2.23. The van der Waals surface area contributed by atoms with Gasteiger partial charge in [-0.25, -0.2) is 13.4 Å². The molecule has 0 atom stereocenters. The van der Waals surface area contributed by atoms with Gasteiger partial charge in [0.2, 0.25) is 0 Å². The number of aromatic amines is 1. The van der Waals surface area contributed by atoms with Gasteiger partial charge in [-0.15, -0.1) is 0 Å². The van der Waals surface area contributed by atoms with E-state index in [-0.39, 0.29) is 12.2 Å². The van der Waals surface area contributed by atoms with Crippen molar-refractivity contribution in [2.75, 3.05) is 12.0 Å². The highest BCUT2D eigenvalue weighted by molar-refractivity contribution is 7.90. The van der Waals surface area contributed by atoms with Gasteiger partial charge >= 0.3 is 0 Å². The molecule has 1 aromatic carbocycles. The molecule has 4 rings (SSSR count). The van der Waals surface area contributed by atoms with Crippen LogP contribution in [0, 0.1) is 11.3 Å². The lowest BCUT2D eigenvalue weighted by Gasteiger charge is -1.97. The average Bonchev–Trinajstić information content (AvgIpc) is 3.25. The van der Waals surface area contributed by atoms with Crippen LogP contribution in [0.25, 0.3) is 21.9 Å². The van der Waals surface area contributed by atoms with Crippen LogP contribution >= 0.6 is 0 Å². The molecule has 27 heavy (non-hydrogen) atoms. The molecule has 9 heteroatoms. The van der Waals surface area contributed by atoms with Crippen LogP contribution in [0.15, 0.2) is 35.0 Å². The maximum Gasteiger partial charge on any atom is 0.147 e. The third-order valence-corrected chi connectivity index (χ3v) is 5.12. The molecule has 0 bridgehead atoms. The minimum atomic E-state index is -3.05. The van der Waals surface area contributed by atoms with E-state index in [2.05, 4.69) is 26.2 Å². The quantitative estimate of drug-likeness (QED) is 0.561. The highest BCUT2D eigenvalue weighted by Gasteiger charge is 2.13. The number of benzene rings is 1. The van der Waals surface area contributed by atoms with Crippen LogP contribution < -0.4 is 0 Å². The molecule has 3 heterocycles. The summed E-state index contributed by atoms with van der Waals surface area (Å²) in [5.41, 5.74) is 3.49. The average molecular weight is 381 g/mol. The number of fused-ring (bicyclic) bond motifs is 3. The maximum atomic E-state index is 11.3. The number of sulfone groups is 1. The first-order chi connectivity index (χ1) is 12.9. The first-order valence-electron chi connectivity index (χ1n) is 8.21. The van der Waals surface area contributed by atoms with Crippen molar-refractivity contribution in [2.45, 2.75) is 12.8 Å². The number of nitrogens with one attached hydrogen (secondary N) is 1. The standard InChI is InChI=1S/C18H15N5O3S/c1-27(24,25)5-4-13-7-12(23-26-13)8-17-21-16-10-20-15-3-2-11(9-19)6-14(15)18(16)22-17/h2-3,6-7,10H,4-5,8H2,1H3,(H,21,22). The molecule has 0 radical (unpaired) electrons. The Kier molecular flexibility index (Phi) is 4.12. The van der Waals surface area contributed by atoms with E-state index in [0.717, 1.165) is 21.9 Å². The summed E-state index contributed by atoms with van der Waals surface area (Å²) in [4.78, 5) is 12.2. The Bertz CT molecular complexity index is 1300. The number of aryl methyl sites for hydroxylation is 1. The van der Waals surface area contributed by atoms with Crippen molar-refractivity contribution in [1.82, 2.24) is 20.1 Å². The minimum Gasteiger partial charge on any atom is -0.361 e. The molecule has 0 saturated carbocycles. The van der Waals surface area contributed by atoms with E-state index in [1.54, 1.807) is 30.5 Å². The zero-order valence-corrected chi connectivity index (χ0v) is 15.2. The van der Waals surface area contributed by atoms with Crippen LogP contribution in [0.1, 0.15) is 22.8 Å². The molecule has 3 aromatic heterocycles. The van der Waals surface area contributed by atoms with E-state index in [1.165, 1.54) is 6.26 Å². The van der Waals surface area contributed by atoms with Crippen LogP contribution in [-0.2, 0) is 22.7 Å². The molecule has 0 aliphatic carbocycles. The van der Waals surface area contributed by atoms with Crippen molar-refractivity contribution in [1.29, 1.82) is 5.26 Å². The fraction of sp³-hybridized carbons (Fsp3) is 0.222. The zero-order valence-electron chi connectivity index (χ0n) is 14.4. The Morgan fingerprint density at radius 3 is 2.93 bits per heavy atom. The zero-order chi connectivity index (χ0) is 19.0. The Balaban J connectivity index is 1.62. The fourth-order valence-corrected chi connectivity index (χ4v) is 3.45. The molecule has 1 N–H and O–H groups in total. The molecule has 136 valence electrons. The number of hydrogen-bond acceptors (Lipinski definition) is 7. The lowest BCUT2D eigenvalue weighted by Crippen LogP contribution is -2.05. The lowest BCUT2D eigenvalue weighted by molar-refractivity contribution is 0.381. The summed E-state index contributed by atoms with van der Waals surface area (Å²) in [5, 5.41) is 13.9. The third kappa shape index (κ3) is 3.66. The largest absolute Gasteiger partial charge is 0.361 e. The number of pyridine rings is 1. The second-order valence-electron chi connectivity index (χ2n) is 6.39. The number of rotatable bonds is 5. The van der Waals surface area contributed by atoms with Gasteiger partial charge in [-0.05, 0) is 18.2 Å². The van der Waals surface area contributed by atoms with Gasteiger partial charge in [0.05, 0.1) is 52.2 Å². The first-order valence-corrected chi connectivity index (χ1v) is 10.3. The van der Waals surface area contributed by atoms with Crippen molar-refractivity contribution >= 4 is 31.8 Å². The van der Waals surface area contributed by atoms with E-state index in [9.17, 15) is 8.42 Å². The normalized spacial score (nSPS) is 11.9. The molecule has 0 spiro atoms. The predicted octanol–water partition coefficient (Wildman–Crippen LogP) is 2.15. The SMILES string of the molecule is CS(=O)(=O)CCc1cc(Cc2nc3c(cnc4ccc(C#N)cc43)[nH]2)no1. The van der Waals surface area contributed by atoms with Crippen LogP contribution in [0.2, 0.25) is 0 Å². The van der Waals surface area contributed by atoms with Gasteiger partial charge < -0.3 is 9.51 Å². The molecule has 0 saturated heterocycles. The molecular formula is C18H15N5O3S. The maximum absolute atomic E-state index is 11.3. The van der Waals surface area contributed by atoms with Gasteiger partial charge in [-0.2, -0.15) is 5.26 Å². The van der Waals surface area contributed by atoms with E-state index >= 15 is 0 Å². The monoisotopic (exact) mass is 381 g/mol. The Labute approximate surface area is 154 Å². The lowest BCUT2D eigenvalue weighted by atomic mass is 10.1. The smallest absolute Gasteiger partial charge is 0.147 e. The van der Waals surface area contributed by atoms with Gasteiger partial charge in [0.1, 0.15) is 21.4 Å². The van der Waals surface area contributed by atoms with Crippen molar-refractivity contribution < 1.29 is 12.9 Å². The van der Waals surface area contributed by atoms with Gasteiger partial charge in [0.25, 0.3) is 0 Å². The number of aromatic nitrogens is 4. The number of nitrogens with zero attached hydrogens (tertiary/aromatic N) is 4. The Morgan fingerprint density at radius 2 is 2.15 bits per heavy atom. The topological polar surface area (TPSA) is 126 Å². The first kappa shape index (κ1) is 17.2. The highest BCUT2D eigenvalue weighted by atomic mass is 32.2. The molecule has 0 unspecified atom stereocenters. The molecule has 0 fully saturated rings. The van der Waals surface area contributed by atoms with E-state index in [0.29, 0.717) is 29.3 Å². The molecule has 0 amide bonds. The molecule has 0 aliphatic heterocycles. The van der Waals surface area contributed by atoms with Gasteiger partial charge in [0.15, 0.2) is 0 Å². The third-order valence-electron chi connectivity index (χ3n) is 4.17. The molecule has 0 aliphatic rings. The van der Waals surface area contributed by atoms with E-state index in [4.69, 9.17) is 9.78 Å². The summed E-state index contributed by atoms with van der Waals surface area (Å²) in [6, 6.07) is 9.16. The second kappa shape index (κ2) is 6.48. The predicted molar refractivity (Wildman–Crippen MR) is 98.8 cm³/mol. The van der Waals surface area contributed by atoms with Crippen LogP contribution in [0.4, 0.5) is 0 Å². The number of nitriles is 1. The summed E-state index contributed by atoms with van der Waals surface area (Å²) in [6.45, 7) is 0. The fourth-order valence-electron chi connectivity index (χ4n) is 2.88. The number of hydrogen-bond donors (Lipinski definition) is 1. The van der Waals surface area contributed by atoms with Gasteiger partial charge in [-0.3, -0.25) is 4.98 Å². The van der Waals surface area contributed by atoms with E-state index < -0.39 is 9.84 Å². The summed E-state index contributed by atoms with van der Waals surface area (Å²) in [5.74, 6) is 1.23. The van der Waals surface area contributed by atoms with Gasteiger partial charge in [-0.1, -0.05) is 5.16 Å². The summed E-state index contributed by atoms with van der Waals surface area (Å²) in [6.07, 6.45) is 3.60.